The maximum atomic E-state index is 4.75. The number of nitrogens with zero attached hydrogens (tertiary/aromatic N) is 3. The molecule has 2 aliphatic heterocycles. The SMILES string of the molecule is CC1=Nc2ccccc2C(C)N1N1CCCCC1. The Morgan fingerprint density at radius 1 is 1.11 bits per heavy atom. The number of piperidine rings is 1. The number of hydrogen-bond donors (Lipinski definition) is 0. The van der Waals surface area contributed by atoms with E-state index in [-0.39, 0.29) is 0 Å². The summed E-state index contributed by atoms with van der Waals surface area (Å²) in [5, 5.41) is 4.87. The molecular formula is C15H21N3. The molecule has 0 amide bonds. The van der Waals surface area contributed by atoms with E-state index in [2.05, 4.69) is 48.1 Å². The molecule has 0 radical (unpaired) electrons. The van der Waals surface area contributed by atoms with Gasteiger partial charge in [-0.15, -0.1) is 0 Å². The minimum absolute atomic E-state index is 0.400. The molecule has 0 N–H and O–H groups in total. The van der Waals surface area contributed by atoms with E-state index in [1.807, 2.05) is 0 Å². The van der Waals surface area contributed by atoms with Gasteiger partial charge in [-0.05, 0) is 32.8 Å². The van der Waals surface area contributed by atoms with Crippen LogP contribution in [0.2, 0.25) is 0 Å². The van der Waals surface area contributed by atoms with Crippen molar-refractivity contribution in [3.8, 4) is 0 Å². The van der Waals surface area contributed by atoms with Gasteiger partial charge in [-0.3, -0.25) is 5.01 Å². The van der Waals surface area contributed by atoms with Crippen molar-refractivity contribution in [2.75, 3.05) is 13.1 Å². The summed E-state index contributed by atoms with van der Waals surface area (Å²) in [5.74, 6) is 1.13. The van der Waals surface area contributed by atoms with Gasteiger partial charge in [0.15, 0.2) is 0 Å². The van der Waals surface area contributed by atoms with Crippen LogP contribution in [0.4, 0.5) is 5.69 Å². The lowest BCUT2D eigenvalue weighted by molar-refractivity contribution is -0.00620. The van der Waals surface area contributed by atoms with Crippen molar-refractivity contribution in [1.82, 2.24) is 10.0 Å². The van der Waals surface area contributed by atoms with E-state index in [0.717, 1.165) is 11.5 Å². The van der Waals surface area contributed by atoms with Gasteiger partial charge in [-0.1, -0.05) is 24.6 Å². The van der Waals surface area contributed by atoms with E-state index < -0.39 is 0 Å². The molecule has 1 aromatic rings. The van der Waals surface area contributed by atoms with Gasteiger partial charge >= 0.3 is 0 Å². The summed E-state index contributed by atoms with van der Waals surface area (Å²) >= 11 is 0. The highest BCUT2D eigenvalue weighted by Crippen LogP contribution is 2.35. The number of amidine groups is 1. The second kappa shape index (κ2) is 4.73. The minimum atomic E-state index is 0.400. The second-order valence-corrected chi connectivity index (χ2v) is 5.25. The molecule has 1 saturated heterocycles. The fourth-order valence-corrected chi connectivity index (χ4v) is 3.12. The molecule has 0 bridgehead atoms. The van der Waals surface area contributed by atoms with Crippen LogP contribution in [0, 0.1) is 0 Å². The van der Waals surface area contributed by atoms with Crippen LogP contribution in [0.15, 0.2) is 29.3 Å². The number of hydrogen-bond acceptors (Lipinski definition) is 3. The Morgan fingerprint density at radius 2 is 1.83 bits per heavy atom. The minimum Gasteiger partial charge on any atom is -0.286 e. The van der Waals surface area contributed by atoms with Gasteiger partial charge < -0.3 is 0 Å². The molecule has 18 heavy (non-hydrogen) atoms. The van der Waals surface area contributed by atoms with Gasteiger partial charge in [-0.2, -0.15) is 0 Å². The van der Waals surface area contributed by atoms with E-state index >= 15 is 0 Å². The topological polar surface area (TPSA) is 18.8 Å². The van der Waals surface area contributed by atoms with Crippen LogP contribution in [0.25, 0.3) is 0 Å². The first-order chi connectivity index (χ1) is 8.77. The predicted molar refractivity (Wildman–Crippen MR) is 74.9 cm³/mol. The first-order valence-electron chi connectivity index (χ1n) is 6.95. The standard InChI is InChI=1S/C15H21N3/c1-12-14-8-4-5-9-15(14)16-13(2)18(12)17-10-6-3-7-11-17/h4-5,8-9,12H,3,6-7,10-11H2,1-2H3. The predicted octanol–water partition coefficient (Wildman–Crippen LogP) is 3.51. The van der Waals surface area contributed by atoms with Crippen molar-refractivity contribution < 1.29 is 0 Å². The van der Waals surface area contributed by atoms with E-state index in [4.69, 9.17) is 4.99 Å². The molecule has 1 aromatic carbocycles. The summed E-state index contributed by atoms with van der Waals surface area (Å²) in [7, 11) is 0. The molecule has 0 saturated carbocycles. The van der Waals surface area contributed by atoms with Crippen molar-refractivity contribution in [3.05, 3.63) is 29.8 Å². The monoisotopic (exact) mass is 243 g/mol. The summed E-state index contributed by atoms with van der Waals surface area (Å²) in [4.78, 5) is 4.75. The maximum Gasteiger partial charge on any atom is 0.117 e. The lowest BCUT2D eigenvalue weighted by Gasteiger charge is -2.44. The quantitative estimate of drug-likeness (QED) is 0.751. The second-order valence-electron chi connectivity index (χ2n) is 5.25. The molecule has 1 atom stereocenters. The third-order valence-electron chi connectivity index (χ3n) is 4.00. The van der Waals surface area contributed by atoms with Gasteiger partial charge in [0.2, 0.25) is 0 Å². The largest absolute Gasteiger partial charge is 0.286 e. The number of aliphatic imine (C=N–C) groups is 1. The van der Waals surface area contributed by atoms with Crippen molar-refractivity contribution in [2.24, 2.45) is 4.99 Å². The Morgan fingerprint density at radius 3 is 2.61 bits per heavy atom. The summed E-state index contributed by atoms with van der Waals surface area (Å²) in [6.45, 7) is 6.74. The highest BCUT2D eigenvalue weighted by atomic mass is 15.6. The zero-order valence-corrected chi connectivity index (χ0v) is 11.3. The van der Waals surface area contributed by atoms with E-state index in [9.17, 15) is 0 Å². The molecular weight excluding hydrogens is 222 g/mol. The van der Waals surface area contributed by atoms with E-state index in [0.29, 0.717) is 6.04 Å². The van der Waals surface area contributed by atoms with Crippen LogP contribution in [-0.4, -0.2) is 28.9 Å². The normalized spacial score (nSPS) is 24.7. The third kappa shape index (κ3) is 1.93. The van der Waals surface area contributed by atoms with Crippen LogP contribution in [0.3, 0.4) is 0 Å². The average molecular weight is 243 g/mol. The van der Waals surface area contributed by atoms with Crippen molar-refractivity contribution in [1.29, 1.82) is 0 Å². The molecule has 3 heteroatoms. The smallest absolute Gasteiger partial charge is 0.117 e. The molecule has 2 aliphatic rings. The molecule has 96 valence electrons. The number of para-hydroxylation sites is 1. The summed E-state index contributed by atoms with van der Waals surface area (Å²) in [6, 6.07) is 8.89. The van der Waals surface area contributed by atoms with E-state index in [1.165, 1.54) is 37.9 Å². The maximum absolute atomic E-state index is 4.75. The van der Waals surface area contributed by atoms with Crippen molar-refractivity contribution >= 4 is 11.5 Å². The van der Waals surface area contributed by atoms with Gasteiger partial charge in [0.05, 0.1) is 11.7 Å². The third-order valence-corrected chi connectivity index (χ3v) is 4.00. The number of fused-ring (bicyclic) bond motifs is 1. The molecule has 0 aliphatic carbocycles. The summed E-state index contributed by atoms with van der Waals surface area (Å²) < 4.78 is 0. The van der Waals surface area contributed by atoms with Crippen molar-refractivity contribution in [3.63, 3.8) is 0 Å². The molecule has 3 rings (SSSR count). The molecule has 1 unspecified atom stereocenters. The van der Waals surface area contributed by atoms with Crippen LogP contribution < -0.4 is 0 Å². The Balaban J connectivity index is 1.93. The first kappa shape index (κ1) is 11.7. The Kier molecular flexibility index (Phi) is 3.08. The molecule has 2 heterocycles. The fourth-order valence-electron chi connectivity index (χ4n) is 3.12. The van der Waals surface area contributed by atoms with Gasteiger partial charge in [0.25, 0.3) is 0 Å². The van der Waals surface area contributed by atoms with Crippen LogP contribution in [0.1, 0.15) is 44.7 Å². The zero-order valence-electron chi connectivity index (χ0n) is 11.3. The van der Waals surface area contributed by atoms with Gasteiger partial charge in [0, 0.05) is 18.7 Å². The van der Waals surface area contributed by atoms with Gasteiger partial charge in [0.1, 0.15) is 5.84 Å². The number of rotatable bonds is 1. The number of benzene rings is 1. The Bertz CT molecular complexity index is 461. The highest BCUT2D eigenvalue weighted by molar-refractivity contribution is 5.85. The molecule has 0 spiro atoms. The highest BCUT2D eigenvalue weighted by Gasteiger charge is 2.29. The van der Waals surface area contributed by atoms with Crippen LogP contribution >= 0.6 is 0 Å². The Hall–Kier alpha value is -1.35. The summed E-state index contributed by atoms with van der Waals surface area (Å²) in [5.41, 5.74) is 2.48. The molecule has 3 nitrogen and oxygen atoms in total. The van der Waals surface area contributed by atoms with E-state index in [1.54, 1.807) is 0 Å². The Labute approximate surface area is 109 Å². The van der Waals surface area contributed by atoms with Crippen LogP contribution in [0.5, 0.6) is 0 Å². The molecule has 0 aromatic heterocycles. The average Bonchev–Trinajstić information content (AvgIpc) is 2.40. The first-order valence-corrected chi connectivity index (χ1v) is 6.95. The lowest BCUT2D eigenvalue weighted by Crippen LogP contribution is -2.50. The summed E-state index contributed by atoms with van der Waals surface area (Å²) in [6.07, 6.45) is 3.97. The zero-order chi connectivity index (χ0) is 12.5. The van der Waals surface area contributed by atoms with Crippen LogP contribution in [-0.2, 0) is 0 Å². The molecule has 1 fully saturated rings. The lowest BCUT2D eigenvalue weighted by atomic mass is 10.0. The fraction of sp³-hybridized carbons (Fsp3) is 0.533. The van der Waals surface area contributed by atoms with Crippen molar-refractivity contribution in [2.45, 2.75) is 39.2 Å². The van der Waals surface area contributed by atoms with Gasteiger partial charge in [-0.25, -0.2) is 10.0 Å². The number of hydrazine groups is 1.